The van der Waals surface area contributed by atoms with Crippen LogP contribution in [-0.2, 0) is 9.53 Å². The zero-order valence-electron chi connectivity index (χ0n) is 11.2. The Morgan fingerprint density at radius 2 is 2.11 bits per heavy atom. The molecule has 0 spiro atoms. The van der Waals surface area contributed by atoms with Crippen LogP contribution >= 0.6 is 15.9 Å². The third-order valence-corrected chi connectivity index (χ3v) is 3.35. The second-order valence-corrected chi connectivity index (χ2v) is 5.71. The molecule has 1 aromatic rings. The zero-order chi connectivity index (χ0) is 13.9. The molecule has 18 heavy (non-hydrogen) atoms. The van der Waals surface area contributed by atoms with Crippen molar-refractivity contribution in [1.82, 2.24) is 0 Å². The molecule has 0 fully saturated rings. The Hall–Kier alpha value is -1.07. The van der Waals surface area contributed by atoms with Gasteiger partial charge in [0, 0.05) is 18.6 Å². The molecule has 0 aliphatic rings. The van der Waals surface area contributed by atoms with E-state index in [4.69, 9.17) is 10.5 Å². The van der Waals surface area contributed by atoms with Gasteiger partial charge >= 0.3 is 0 Å². The second-order valence-electron chi connectivity index (χ2n) is 4.80. The molecular formula is C13H19BrN2O2. The lowest BCUT2D eigenvalue weighted by molar-refractivity contribution is -0.123. The summed E-state index contributed by atoms with van der Waals surface area (Å²) in [4.78, 5) is 13.7. The molecule has 1 aromatic carbocycles. The van der Waals surface area contributed by atoms with Crippen LogP contribution in [0.15, 0.2) is 22.7 Å². The topological polar surface area (TPSA) is 55.6 Å². The quantitative estimate of drug-likeness (QED) is 0.869. The largest absolute Gasteiger partial charge is 0.397 e. The van der Waals surface area contributed by atoms with Gasteiger partial charge in [-0.3, -0.25) is 4.79 Å². The molecule has 1 amide bonds. The van der Waals surface area contributed by atoms with Gasteiger partial charge in [-0.1, -0.05) is 15.9 Å². The lowest BCUT2D eigenvalue weighted by atomic mass is 10.0. The Balaban J connectivity index is 2.87. The SMILES string of the molecule is COC(C)(C)CC(=O)N(C)c1ccc(Br)cc1N. The summed E-state index contributed by atoms with van der Waals surface area (Å²) in [7, 11) is 3.31. The van der Waals surface area contributed by atoms with E-state index in [9.17, 15) is 4.79 Å². The highest BCUT2D eigenvalue weighted by molar-refractivity contribution is 9.10. The number of carbonyl (C=O) groups excluding carboxylic acids is 1. The number of hydrogen-bond donors (Lipinski definition) is 1. The van der Waals surface area contributed by atoms with E-state index in [0.717, 1.165) is 4.47 Å². The van der Waals surface area contributed by atoms with Crippen LogP contribution in [0.3, 0.4) is 0 Å². The van der Waals surface area contributed by atoms with Gasteiger partial charge in [0.1, 0.15) is 0 Å². The standard InChI is InChI=1S/C13H19BrN2O2/c1-13(2,18-4)8-12(17)16(3)11-6-5-9(14)7-10(11)15/h5-7H,8,15H2,1-4H3. The predicted octanol–water partition coefficient (Wildman–Crippen LogP) is 2.81. The summed E-state index contributed by atoms with van der Waals surface area (Å²) >= 11 is 3.34. The van der Waals surface area contributed by atoms with E-state index < -0.39 is 5.60 Å². The van der Waals surface area contributed by atoms with E-state index >= 15 is 0 Å². The van der Waals surface area contributed by atoms with E-state index in [-0.39, 0.29) is 5.91 Å². The van der Waals surface area contributed by atoms with Crippen LogP contribution in [0.5, 0.6) is 0 Å². The van der Waals surface area contributed by atoms with Crippen LogP contribution in [0.25, 0.3) is 0 Å². The number of nitrogens with two attached hydrogens (primary N) is 1. The van der Waals surface area contributed by atoms with Gasteiger partial charge in [-0.05, 0) is 32.0 Å². The van der Waals surface area contributed by atoms with Crippen molar-refractivity contribution in [2.45, 2.75) is 25.9 Å². The van der Waals surface area contributed by atoms with Crippen molar-refractivity contribution in [3.63, 3.8) is 0 Å². The minimum Gasteiger partial charge on any atom is -0.397 e. The molecule has 0 radical (unpaired) electrons. The molecule has 0 atom stereocenters. The maximum atomic E-state index is 12.1. The second kappa shape index (κ2) is 5.71. The zero-order valence-corrected chi connectivity index (χ0v) is 12.7. The van der Waals surface area contributed by atoms with Crippen LogP contribution in [-0.4, -0.2) is 25.7 Å². The highest BCUT2D eigenvalue weighted by Crippen LogP contribution is 2.27. The Morgan fingerprint density at radius 3 is 2.61 bits per heavy atom. The molecular weight excluding hydrogens is 296 g/mol. The Labute approximate surface area is 116 Å². The monoisotopic (exact) mass is 314 g/mol. The number of benzene rings is 1. The van der Waals surface area contributed by atoms with Crippen LogP contribution in [0.2, 0.25) is 0 Å². The summed E-state index contributed by atoms with van der Waals surface area (Å²) < 4.78 is 6.15. The van der Waals surface area contributed by atoms with Crippen LogP contribution in [0.1, 0.15) is 20.3 Å². The number of anilines is 2. The molecule has 0 heterocycles. The molecule has 0 unspecified atom stereocenters. The van der Waals surface area contributed by atoms with Crippen molar-refractivity contribution in [2.24, 2.45) is 0 Å². The van der Waals surface area contributed by atoms with Crippen molar-refractivity contribution in [1.29, 1.82) is 0 Å². The Kier molecular flexibility index (Phi) is 4.76. The first kappa shape index (κ1) is 15.0. The lowest BCUT2D eigenvalue weighted by Gasteiger charge is -2.26. The summed E-state index contributed by atoms with van der Waals surface area (Å²) in [6, 6.07) is 5.45. The van der Waals surface area contributed by atoms with Crippen molar-refractivity contribution in [3.05, 3.63) is 22.7 Å². The first-order valence-corrected chi connectivity index (χ1v) is 6.43. The van der Waals surface area contributed by atoms with E-state index in [0.29, 0.717) is 17.8 Å². The Morgan fingerprint density at radius 1 is 1.50 bits per heavy atom. The number of hydrogen-bond acceptors (Lipinski definition) is 3. The van der Waals surface area contributed by atoms with E-state index in [1.807, 2.05) is 26.0 Å². The number of halogens is 1. The maximum absolute atomic E-state index is 12.1. The lowest BCUT2D eigenvalue weighted by Crippen LogP contribution is -2.35. The highest BCUT2D eigenvalue weighted by Gasteiger charge is 2.24. The van der Waals surface area contributed by atoms with Crippen LogP contribution in [0, 0.1) is 0 Å². The molecule has 0 aliphatic heterocycles. The van der Waals surface area contributed by atoms with Crippen molar-refractivity contribution in [2.75, 3.05) is 24.8 Å². The number of carbonyl (C=O) groups is 1. The van der Waals surface area contributed by atoms with Gasteiger partial charge in [0.15, 0.2) is 0 Å². The molecule has 100 valence electrons. The first-order chi connectivity index (χ1) is 8.26. The fourth-order valence-corrected chi connectivity index (χ4v) is 1.90. The summed E-state index contributed by atoms with van der Waals surface area (Å²) in [5, 5.41) is 0. The highest BCUT2D eigenvalue weighted by atomic mass is 79.9. The summed E-state index contributed by atoms with van der Waals surface area (Å²) in [5.74, 6) is -0.0316. The third-order valence-electron chi connectivity index (χ3n) is 2.85. The molecule has 0 saturated carbocycles. The summed E-state index contributed by atoms with van der Waals surface area (Å²) in [6.45, 7) is 3.76. The van der Waals surface area contributed by atoms with Gasteiger partial charge in [-0.25, -0.2) is 0 Å². The smallest absolute Gasteiger partial charge is 0.229 e. The predicted molar refractivity (Wildman–Crippen MR) is 77.7 cm³/mol. The van der Waals surface area contributed by atoms with Crippen LogP contribution < -0.4 is 10.6 Å². The average Bonchev–Trinajstić information content (AvgIpc) is 2.27. The molecule has 0 saturated heterocycles. The van der Waals surface area contributed by atoms with Gasteiger partial charge < -0.3 is 15.4 Å². The molecule has 0 bridgehead atoms. The third kappa shape index (κ3) is 3.71. The number of nitrogens with zero attached hydrogens (tertiary/aromatic N) is 1. The number of nitrogen functional groups attached to an aromatic ring is 1. The number of ether oxygens (including phenoxy) is 1. The molecule has 1 rings (SSSR count). The van der Waals surface area contributed by atoms with E-state index in [2.05, 4.69) is 15.9 Å². The van der Waals surface area contributed by atoms with Gasteiger partial charge in [-0.15, -0.1) is 0 Å². The Bertz CT molecular complexity index is 447. The molecule has 0 aliphatic carbocycles. The van der Waals surface area contributed by atoms with E-state index in [1.165, 1.54) is 0 Å². The van der Waals surface area contributed by atoms with Gasteiger partial charge in [0.2, 0.25) is 5.91 Å². The first-order valence-electron chi connectivity index (χ1n) is 5.63. The molecule has 5 heteroatoms. The van der Waals surface area contributed by atoms with Gasteiger partial charge in [0.05, 0.1) is 23.4 Å². The van der Waals surface area contributed by atoms with E-state index in [1.54, 1.807) is 25.1 Å². The number of rotatable bonds is 4. The summed E-state index contributed by atoms with van der Waals surface area (Å²) in [5.41, 5.74) is 6.69. The molecule has 4 nitrogen and oxygen atoms in total. The number of amides is 1. The van der Waals surface area contributed by atoms with Gasteiger partial charge in [-0.2, -0.15) is 0 Å². The van der Waals surface area contributed by atoms with Crippen molar-refractivity contribution >= 4 is 33.2 Å². The van der Waals surface area contributed by atoms with Gasteiger partial charge in [0.25, 0.3) is 0 Å². The fraction of sp³-hybridized carbons (Fsp3) is 0.462. The average molecular weight is 315 g/mol. The van der Waals surface area contributed by atoms with Crippen molar-refractivity contribution in [3.8, 4) is 0 Å². The number of methoxy groups -OCH3 is 1. The normalized spacial score (nSPS) is 11.4. The summed E-state index contributed by atoms with van der Waals surface area (Å²) in [6.07, 6.45) is 0.301. The van der Waals surface area contributed by atoms with Crippen molar-refractivity contribution < 1.29 is 9.53 Å². The minimum atomic E-state index is -0.477. The maximum Gasteiger partial charge on any atom is 0.229 e. The molecule has 0 aromatic heterocycles. The van der Waals surface area contributed by atoms with Crippen LogP contribution in [0.4, 0.5) is 11.4 Å². The minimum absolute atomic E-state index is 0.0316. The molecule has 2 N–H and O–H groups in total. The fourth-order valence-electron chi connectivity index (χ4n) is 1.52.